The number of hydrogen-bond donors (Lipinski definition) is 0. The largest absolute Gasteiger partial charge is 0.300 e. The predicted molar refractivity (Wildman–Crippen MR) is 55.0 cm³/mol. The lowest BCUT2D eigenvalue weighted by Gasteiger charge is -2.07. The maximum atomic E-state index is 10.9. The van der Waals surface area contributed by atoms with E-state index in [9.17, 15) is 4.79 Å². The lowest BCUT2D eigenvalue weighted by molar-refractivity contribution is -0.116. The molecule has 0 heterocycles. The van der Waals surface area contributed by atoms with E-state index in [1.54, 1.807) is 6.92 Å². The minimum Gasteiger partial charge on any atom is -0.300 e. The van der Waals surface area contributed by atoms with Crippen LogP contribution < -0.4 is 0 Å². The van der Waals surface area contributed by atoms with Gasteiger partial charge in [0.1, 0.15) is 5.78 Å². The van der Waals surface area contributed by atoms with Crippen molar-refractivity contribution in [1.82, 2.24) is 0 Å². The van der Waals surface area contributed by atoms with Crippen LogP contribution >= 0.6 is 0 Å². The van der Waals surface area contributed by atoms with E-state index in [4.69, 9.17) is 0 Å². The molecule has 0 atom stereocenters. The van der Waals surface area contributed by atoms with E-state index >= 15 is 0 Å². The molecular formula is C12H16O. The van der Waals surface area contributed by atoms with Gasteiger partial charge in [0.25, 0.3) is 0 Å². The van der Waals surface area contributed by atoms with Crippen molar-refractivity contribution in [2.75, 3.05) is 0 Å². The zero-order chi connectivity index (χ0) is 10.0. The minimum atomic E-state index is 0.225. The zero-order valence-corrected chi connectivity index (χ0v) is 8.77. The molecule has 0 aliphatic rings. The van der Waals surface area contributed by atoms with E-state index in [2.05, 4.69) is 32.9 Å². The van der Waals surface area contributed by atoms with Crippen molar-refractivity contribution in [1.29, 1.82) is 0 Å². The van der Waals surface area contributed by atoms with Crippen LogP contribution in [0.5, 0.6) is 0 Å². The van der Waals surface area contributed by atoms with Crippen LogP contribution in [0.15, 0.2) is 12.1 Å². The highest BCUT2D eigenvalue weighted by atomic mass is 16.1. The first kappa shape index (κ1) is 9.97. The number of rotatable bonds is 2. The van der Waals surface area contributed by atoms with Gasteiger partial charge in [-0.3, -0.25) is 4.79 Å². The predicted octanol–water partition coefficient (Wildman–Crippen LogP) is 2.74. The summed E-state index contributed by atoms with van der Waals surface area (Å²) in [6.45, 7) is 7.92. The van der Waals surface area contributed by atoms with Gasteiger partial charge in [0, 0.05) is 6.42 Å². The first-order valence-corrected chi connectivity index (χ1v) is 4.57. The summed E-state index contributed by atoms with van der Waals surface area (Å²) in [5, 5.41) is 0. The summed E-state index contributed by atoms with van der Waals surface area (Å²) in [5.74, 6) is 0.225. The molecule has 70 valence electrons. The second-order valence-electron chi connectivity index (χ2n) is 3.73. The van der Waals surface area contributed by atoms with Gasteiger partial charge in [0.05, 0.1) is 0 Å². The molecule has 0 fully saturated rings. The van der Waals surface area contributed by atoms with Crippen LogP contribution in [0.3, 0.4) is 0 Å². The summed E-state index contributed by atoms with van der Waals surface area (Å²) in [4.78, 5) is 10.9. The van der Waals surface area contributed by atoms with Crippen LogP contribution in [0.1, 0.15) is 29.2 Å². The molecule has 0 bridgehead atoms. The van der Waals surface area contributed by atoms with E-state index in [1.165, 1.54) is 16.7 Å². The topological polar surface area (TPSA) is 17.1 Å². The first-order valence-electron chi connectivity index (χ1n) is 4.57. The average molecular weight is 176 g/mol. The SMILES string of the molecule is CC(=O)Cc1cc(C)c(C)c(C)c1. The smallest absolute Gasteiger partial charge is 0.134 e. The van der Waals surface area contributed by atoms with Crippen LogP contribution in [0, 0.1) is 20.8 Å². The fourth-order valence-electron chi connectivity index (χ4n) is 1.51. The molecule has 0 amide bonds. The second kappa shape index (κ2) is 3.73. The lowest BCUT2D eigenvalue weighted by atomic mass is 9.98. The monoisotopic (exact) mass is 176 g/mol. The van der Waals surface area contributed by atoms with Crippen LogP contribution in [0.2, 0.25) is 0 Å². The third-order valence-corrected chi connectivity index (χ3v) is 2.44. The highest BCUT2D eigenvalue weighted by Gasteiger charge is 2.02. The standard InChI is InChI=1S/C12H16O/c1-8-5-12(7-10(3)13)6-9(2)11(8)4/h5-6H,7H2,1-4H3. The molecule has 0 N–H and O–H groups in total. The summed E-state index contributed by atoms with van der Waals surface area (Å²) in [7, 11) is 0. The van der Waals surface area contributed by atoms with Crippen molar-refractivity contribution >= 4 is 5.78 Å². The van der Waals surface area contributed by atoms with Crippen LogP contribution in [0.25, 0.3) is 0 Å². The molecule has 0 spiro atoms. The maximum Gasteiger partial charge on any atom is 0.134 e. The van der Waals surface area contributed by atoms with E-state index in [0.29, 0.717) is 6.42 Å². The van der Waals surface area contributed by atoms with Crippen molar-refractivity contribution in [3.63, 3.8) is 0 Å². The Bertz CT molecular complexity index is 314. The maximum absolute atomic E-state index is 10.9. The molecule has 13 heavy (non-hydrogen) atoms. The Hall–Kier alpha value is -1.11. The van der Waals surface area contributed by atoms with Crippen molar-refractivity contribution in [2.45, 2.75) is 34.1 Å². The van der Waals surface area contributed by atoms with Crippen molar-refractivity contribution in [3.05, 3.63) is 34.4 Å². The Labute approximate surface area is 79.8 Å². The van der Waals surface area contributed by atoms with Gasteiger partial charge in [0.2, 0.25) is 0 Å². The molecule has 0 saturated heterocycles. The van der Waals surface area contributed by atoms with E-state index in [1.807, 2.05) is 0 Å². The number of hydrogen-bond acceptors (Lipinski definition) is 1. The molecule has 0 aliphatic heterocycles. The first-order chi connectivity index (χ1) is 6.00. The van der Waals surface area contributed by atoms with Crippen molar-refractivity contribution < 1.29 is 4.79 Å². The van der Waals surface area contributed by atoms with Crippen molar-refractivity contribution in [2.24, 2.45) is 0 Å². The summed E-state index contributed by atoms with van der Waals surface area (Å²) in [6, 6.07) is 4.20. The normalized spacial score (nSPS) is 10.2. The third-order valence-electron chi connectivity index (χ3n) is 2.44. The van der Waals surface area contributed by atoms with Gasteiger partial charge in [-0.1, -0.05) is 12.1 Å². The van der Waals surface area contributed by atoms with Gasteiger partial charge in [0.15, 0.2) is 0 Å². The Morgan fingerprint density at radius 2 is 1.62 bits per heavy atom. The second-order valence-corrected chi connectivity index (χ2v) is 3.73. The summed E-state index contributed by atoms with van der Waals surface area (Å²) in [5.41, 5.74) is 5.01. The molecule has 0 aliphatic carbocycles. The number of ketones is 1. The third kappa shape index (κ3) is 2.41. The Morgan fingerprint density at radius 1 is 1.15 bits per heavy atom. The van der Waals surface area contributed by atoms with Crippen molar-refractivity contribution in [3.8, 4) is 0 Å². The Morgan fingerprint density at radius 3 is 2.00 bits per heavy atom. The molecular weight excluding hydrogens is 160 g/mol. The van der Waals surface area contributed by atoms with Gasteiger partial charge in [-0.15, -0.1) is 0 Å². The van der Waals surface area contributed by atoms with E-state index in [0.717, 1.165) is 5.56 Å². The zero-order valence-electron chi connectivity index (χ0n) is 8.77. The fourth-order valence-corrected chi connectivity index (χ4v) is 1.51. The van der Waals surface area contributed by atoms with Gasteiger partial charge in [-0.2, -0.15) is 0 Å². The average Bonchev–Trinajstić information content (AvgIpc) is 1.98. The molecule has 1 aromatic carbocycles. The van der Waals surface area contributed by atoms with Gasteiger partial charge in [-0.25, -0.2) is 0 Å². The molecule has 1 rings (SSSR count). The quantitative estimate of drug-likeness (QED) is 0.677. The Kier molecular flexibility index (Phi) is 2.86. The molecule has 0 radical (unpaired) electrons. The molecule has 1 aromatic rings. The lowest BCUT2D eigenvalue weighted by Crippen LogP contribution is -1.98. The highest BCUT2D eigenvalue weighted by molar-refractivity contribution is 5.78. The van der Waals surface area contributed by atoms with Gasteiger partial charge < -0.3 is 0 Å². The van der Waals surface area contributed by atoms with Crippen LogP contribution in [0.4, 0.5) is 0 Å². The number of carbonyl (C=O) groups excluding carboxylic acids is 1. The highest BCUT2D eigenvalue weighted by Crippen LogP contribution is 2.15. The van der Waals surface area contributed by atoms with Gasteiger partial charge in [-0.05, 0) is 49.9 Å². The number of benzene rings is 1. The molecule has 0 unspecified atom stereocenters. The minimum absolute atomic E-state index is 0.225. The molecule has 1 nitrogen and oxygen atoms in total. The fraction of sp³-hybridized carbons (Fsp3) is 0.417. The Balaban J connectivity index is 3.06. The summed E-state index contributed by atoms with van der Waals surface area (Å²) < 4.78 is 0. The van der Waals surface area contributed by atoms with Crippen LogP contribution in [-0.2, 0) is 11.2 Å². The number of aryl methyl sites for hydroxylation is 2. The van der Waals surface area contributed by atoms with Crippen LogP contribution in [-0.4, -0.2) is 5.78 Å². The van der Waals surface area contributed by atoms with E-state index < -0.39 is 0 Å². The van der Waals surface area contributed by atoms with E-state index in [-0.39, 0.29) is 5.78 Å². The number of Topliss-reactive ketones (excluding diaryl/α,β-unsaturated/α-hetero) is 1. The number of carbonyl (C=O) groups is 1. The summed E-state index contributed by atoms with van der Waals surface area (Å²) >= 11 is 0. The van der Waals surface area contributed by atoms with Gasteiger partial charge >= 0.3 is 0 Å². The molecule has 1 heteroatoms. The summed E-state index contributed by atoms with van der Waals surface area (Å²) in [6.07, 6.45) is 0.558. The molecule has 0 saturated carbocycles. The molecule has 0 aromatic heterocycles.